The molecule has 5 aromatic rings. The van der Waals surface area contributed by atoms with Gasteiger partial charge < -0.3 is 20.0 Å². The number of fused-ring (bicyclic) bond motifs is 6. The number of benzene rings is 1. The molecule has 4 aromatic heterocycles. The summed E-state index contributed by atoms with van der Waals surface area (Å²) in [4.78, 5) is 24.0. The highest BCUT2D eigenvalue weighted by atomic mass is 35.5. The lowest BCUT2D eigenvalue weighted by Gasteiger charge is -2.13. The van der Waals surface area contributed by atoms with Gasteiger partial charge in [0.2, 0.25) is 0 Å². The molecule has 0 saturated carbocycles. The van der Waals surface area contributed by atoms with Gasteiger partial charge in [-0.05, 0) is 68.6 Å². The summed E-state index contributed by atoms with van der Waals surface area (Å²) in [6, 6.07) is 3.45. The van der Waals surface area contributed by atoms with Gasteiger partial charge in [-0.25, -0.2) is 19.9 Å². The Kier molecular flexibility index (Phi) is 8.01. The third-order valence-corrected chi connectivity index (χ3v) is 8.73. The van der Waals surface area contributed by atoms with Crippen molar-refractivity contribution in [2.75, 3.05) is 12.4 Å². The Morgan fingerprint density at radius 2 is 1.27 bits per heavy atom. The molecule has 0 unspecified atom stereocenters. The molecule has 0 spiro atoms. The van der Waals surface area contributed by atoms with Crippen molar-refractivity contribution in [1.29, 1.82) is 0 Å². The maximum atomic E-state index is 6.18. The number of hydrogen-bond donors (Lipinski definition) is 3. The van der Waals surface area contributed by atoms with Gasteiger partial charge in [0.05, 0.1) is 33.6 Å². The number of hydrogen-bond acceptors (Lipinski definition) is 6. The molecule has 0 amide bonds. The third kappa shape index (κ3) is 5.32. The van der Waals surface area contributed by atoms with Crippen molar-refractivity contribution >= 4 is 68.4 Å². The van der Waals surface area contributed by atoms with E-state index in [2.05, 4.69) is 35.2 Å². The fraction of sp³-hybridized carbons (Fsp3) is 0.379. The summed E-state index contributed by atoms with van der Waals surface area (Å²) < 4.78 is 5.42. The van der Waals surface area contributed by atoms with Crippen LogP contribution in [0.4, 0.5) is 11.5 Å². The first-order valence-electron chi connectivity index (χ1n) is 13.7. The fourth-order valence-corrected chi connectivity index (χ4v) is 6.35. The molecule has 11 heteroatoms. The van der Waals surface area contributed by atoms with Crippen LogP contribution in [0.15, 0.2) is 24.8 Å². The van der Waals surface area contributed by atoms with Crippen LogP contribution in [0.5, 0.6) is 5.75 Å². The van der Waals surface area contributed by atoms with Crippen LogP contribution in [-0.2, 0) is 25.7 Å². The Bertz CT molecular complexity index is 1680. The number of aryl methyl sites for hydroxylation is 4. The lowest BCUT2D eigenvalue weighted by atomic mass is 10.1. The first-order chi connectivity index (χ1) is 19.5. The standard InChI is InChI=1S/C18H18Cl2N4O.C11H12ClN3/c1-25-15-8-12(20)11(19)7-14(15)24-18-16-10-5-3-2-4-6-13(10)23-17(16)21-9-22-18;12-10-9-7-4-2-1-3-5-8(7)15-11(9)14-6-13-10/h7-9H,2-6H2,1H3,(H2,21,22,23,24);6H,1-5H2,(H,13,14,15). The SMILES string of the molecule is COc1cc(Cl)c(Cl)cc1Nc1ncnc2[nH]c3c(c12)CCCCC3.Clc1ncnc2[nH]c3c(c12)CCCCC3. The van der Waals surface area contributed by atoms with Crippen molar-refractivity contribution in [2.24, 2.45) is 0 Å². The molecule has 208 valence electrons. The number of H-pyrrole nitrogens is 2. The second kappa shape index (κ2) is 11.8. The normalized spacial score (nSPS) is 15.0. The van der Waals surface area contributed by atoms with Gasteiger partial charge in [-0.15, -0.1) is 0 Å². The van der Waals surface area contributed by atoms with Crippen LogP contribution in [0.2, 0.25) is 15.2 Å². The smallest absolute Gasteiger partial charge is 0.143 e. The molecule has 0 fully saturated rings. The molecule has 0 bridgehead atoms. The maximum Gasteiger partial charge on any atom is 0.143 e. The van der Waals surface area contributed by atoms with Gasteiger partial charge in [-0.1, -0.05) is 47.6 Å². The Morgan fingerprint density at radius 3 is 1.95 bits per heavy atom. The molecule has 0 radical (unpaired) electrons. The summed E-state index contributed by atoms with van der Waals surface area (Å²) >= 11 is 18.4. The quantitative estimate of drug-likeness (QED) is 0.143. The molecule has 2 aliphatic rings. The van der Waals surface area contributed by atoms with Gasteiger partial charge in [-0.2, -0.15) is 0 Å². The van der Waals surface area contributed by atoms with E-state index >= 15 is 0 Å². The topological polar surface area (TPSA) is 104 Å². The third-order valence-electron chi connectivity index (χ3n) is 7.72. The van der Waals surface area contributed by atoms with Crippen LogP contribution in [0.25, 0.3) is 22.1 Å². The molecular formula is C29H30Cl3N7O. The Hall–Kier alpha value is -3.07. The zero-order chi connectivity index (χ0) is 27.6. The number of ether oxygens (including phenoxy) is 1. The largest absolute Gasteiger partial charge is 0.495 e. The highest BCUT2D eigenvalue weighted by molar-refractivity contribution is 6.42. The first kappa shape index (κ1) is 27.1. The predicted octanol–water partition coefficient (Wildman–Crippen LogP) is 8.17. The van der Waals surface area contributed by atoms with Crippen molar-refractivity contribution < 1.29 is 4.74 Å². The lowest BCUT2D eigenvalue weighted by Crippen LogP contribution is -1.99. The van der Waals surface area contributed by atoms with Crippen LogP contribution in [0, 0.1) is 0 Å². The van der Waals surface area contributed by atoms with Crippen LogP contribution in [0.3, 0.4) is 0 Å². The monoisotopic (exact) mass is 597 g/mol. The summed E-state index contributed by atoms with van der Waals surface area (Å²) in [5, 5.41) is 6.93. The zero-order valence-corrected chi connectivity index (χ0v) is 24.5. The van der Waals surface area contributed by atoms with Crippen molar-refractivity contribution in [1.82, 2.24) is 29.9 Å². The highest BCUT2D eigenvalue weighted by Crippen LogP contribution is 2.38. The summed E-state index contributed by atoms with van der Waals surface area (Å²) in [6.07, 6.45) is 14.8. The van der Waals surface area contributed by atoms with Crippen molar-refractivity contribution in [3.05, 3.63) is 62.5 Å². The Labute approximate surface area is 247 Å². The van der Waals surface area contributed by atoms with E-state index in [1.807, 2.05) is 0 Å². The van der Waals surface area contributed by atoms with E-state index in [9.17, 15) is 0 Å². The summed E-state index contributed by atoms with van der Waals surface area (Å²) in [7, 11) is 1.60. The highest BCUT2D eigenvalue weighted by Gasteiger charge is 2.20. The van der Waals surface area contributed by atoms with E-state index in [1.54, 1.807) is 25.6 Å². The van der Waals surface area contributed by atoms with Crippen molar-refractivity contribution in [2.45, 2.75) is 64.2 Å². The molecule has 3 N–H and O–H groups in total. The molecule has 8 nitrogen and oxygen atoms in total. The number of halogens is 3. The second-order valence-corrected chi connectivity index (χ2v) is 11.4. The Morgan fingerprint density at radius 1 is 0.700 bits per heavy atom. The van der Waals surface area contributed by atoms with Gasteiger partial charge in [0.1, 0.15) is 40.7 Å². The number of aromatic amines is 2. The van der Waals surface area contributed by atoms with E-state index in [0.29, 0.717) is 20.9 Å². The minimum Gasteiger partial charge on any atom is -0.495 e. The Balaban J connectivity index is 0.000000164. The predicted molar refractivity (Wildman–Crippen MR) is 162 cm³/mol. The first-order valence-corrected chi connectivity index (χ1v) is 14.8. The minimum absolute atomic E-state index is 0.451. The molecule has 7 rings (SSSR count). The van der Waals surface area contributed by atoms with Crippen LogP contribution >= 0.6 is 34.8 Å². The summed E-state index contributed by atoms with van der Waals surface area (Å²) in [5.41, 5.74) is 7.72. The minimum atomic E-state index is 0.451. The average Bonchev–Trinajstić information content (AvgIpc) is 3.28. The van der Waals surface area contributed by atoms with Gasteiger partial charge in [0.15, 0.2) is 0 Å². The van der Waals surface area contributed by atoms with E-state index in [-0.39, 0.29) is 0 Å². The maximum absolute atomic E-state index is 6.18. The fourth-order valence-electron chi connectivity index (χ4n) is 5.79. The van der Waals surface area contributed by atoms with Gasteiger partial charge >= 0.3 is 0 Å². The van der Waals surface area contributed by atoms with Crippen LogP contribution in [-0.4, -0.2) is 37.0 Å². The summed E-state index contributed by atoms with van der Waals surface area (Å²) in [6.45, 7) is 0. The molecule has 1 aromatic carbocycles. The van der Waals surface area contributed by atoms with Gasteiger partial charge in [-0.3, -0.25) is 0 Å². The van der Waals surface area contributed by atoms with Crippen molar-refractivity contribution in [3.8, 4) is 5.75 Å². The molecule has 0 atom stereocenters. The van der Waals surface area contributed by atoms with E-state index < -0.39 is 0 Å². The molecular weight excluding hydrogens is 569 g/mol. The number of methoxy groups -OCH3 is 1. The molecule has 40 heavy (non-hydrogen) atoms. The van der Waals surface area contributed by atoms with Gasteiger partial charge in [0.25, 0.3) is 0 Å². The summed E-state index contributed by atoms with van der Waals surface area (Å²) in [5.74, 6) is 1.36. The second-order valence-electron chi connectivity index (χ2n) is 10.2. The van der Waals surface area contributed by atoms with Crippen LogP contribution in [0.1, 0.15) is 61.0 Å². The number of aromatic nitrogens is 6. The van der Waals surface area contributed by atoms with Crippen molar-refractivity contribution in [3.63, 3.8) is 0 Å². The molecule has 4 heterocycles. The van der Waals surface area contributed by atoms with E-state index in [1.165, 1.54) is 67.4 Å². The molecule has 0 saturated heterocycles. The average molecular weight is 599 g/mol. The number of anilines is 2. The van der Waals surface area contributed by atoms with Gasteiger partial charge in [0, 0.05) is 17.5 Å². The molecule has 2 aliphatic carbocycles. The lowest BCUT2D eigenvalue weighted by molar-refractivity contribution is 0.417. The zero-order valence-electron chi connectivity index (χ0n) is 22.2. The van der Waals surface area contributed by atoms with E-state index in [0.717, 1.165) is 59.3 Å². The molecule has 0 aliphatic heterocycles. The number of nitrogens with zero attached hydrogens (tertiary/aromatic N) is 4. The number of rotatable bonds is 3. The van der Waals surface area contributed by atoms with Crippen LogP contribution < -0.4 is 10.1 Å². The number of nitrogens with one attached hydrogen (secondary N) is 3. The van der Waals surface area contributed by atoms with E-state index in [4.69, 9.17) is 39.5 Å².